The van der Waals surface area contributed by atoms with Gasteiger partial charge in [0, 0.05) is 13.8 Å². The number of rotatable bonds is 8. The Labute approximate surface area is 197 Å². The fourth-order valence-electron chi connectivity index (χ4n) is 4.21. The molecule has 15 nitrogen and oxygen atoms in total. The van der Waals surface area contributed by atoms with Gasteiger partial charge in [0.25, 0.3) is 17.0 Å². The summed E-state index contributed by atoms with van der Waals surface area (Å²) in [4.78, 5) is 61.6. The number of carbonyl (C=O) groups excluding carboxylic acids is 5. The van der Waals surface area contributed by atoms with E-state index in [0.717, 1.165) is 20.8 Å². The van der Waals surface area contributed by atoms with Crippen LogP contribution in [0.4, 0.5) is 0 Å². The number of hydrogen-bond acceptors (Lipinski definition) is 15. The first-order valence-electron chi connectivity index (χ1n) is 10.1. The Morgan fingerprint density at radius 1 is 1.03 bits per heavy atom. The molecule has 0 spiro atoms. The Kier molecular flexibility index (Phi) is 8.05. The van der Waals surface area contributed by atoms with E-state index in [0.29, 0.717) is 6.92 Å². The molecule has 2 heterocycles. The van der Waals surface area contributed by atoms with E-state index in [9.17, 15) is 54.6 Å². The van der Waals surface area contributed by atoms with Crippen LogP contribution in [0.15, 0.2) is 11.5 Å². The van der Waals surface area contributed by atoms with Crippen molar-refractivity contribution in [3.05, 3.63) is 11.5 Å². The molecule has 0 amide bonds. The molecule has 196 valence electrons. The van der Waals surface area contributed by atoms with Gasteiger partial charge in [-0.2, -0.15) is 0 Å². The lowest BCUT2D eigenvalue weighted by molar-refractivity contribution is -0.301. The summed E-state index contributed by atoms with van der Waals surface area (Å²) in [7, 11) is 0. The van der Waals surface area contributed by atoms with Crippen molar-refractivity contribution >= 4 is 29.5 Å². The van der Waals surface area contributed by atoms with Crippen molar-refractivity contribution in [3.63, 3.8) is 0 Å². The molecule has 0 aromatic heterocycles. The number of cyclic esters (lactones) is 1. The molecular weight excluding hydrogens is 480 g/mol. The summed E-state index contributed by atoms with van der Waals surface area (Å²) in [5.41, 5.74) is -6.76. The highest BCUT2D eigenvalue weighted by Gasteiger charge is 2.78. The molecule has 6 N–H and O–H groups in total. The SMILES string of the molecule is CC(=O)OC1=C(O)[C@@](C2O[C@H](CO)[C@@H](O)[C@H](O)[C@H]2O)([C@](OC(C)=O)(C(C)=O)C(O)C(C)=O)OC1=O. The predicted molar refractivity (Wildman–Crippen MR) is 106 cm³/mol. The van der Waals surface area contributed by atoms with Crippen molar-refractivity contribution in [1.29, 1.82) is 0 Å². The van der Waals surface area contributed by atoms with Gasteiger partial charge in [-0.15, -0.1) is 0 Å². The van der Waals surface area contributed by atoms with Crippen LogP contribution < -0.4 is 0 Å². The molecule has 2 aliphatic heterocycles. The smallest absolute Gasteiger partial charge is 0.379 e. The molecule has 2 unspecified atom stereocenters. The highest BCUT2D eigenvalue weighted by atomic mass is 16.7. The number of esters is 3. The maximum absolute atomic E-state index is 13.0. The maximum atomic E-state index is 13.0. The molecule has 35 heavy (non-hydrogen) atoms. The van der Waals surface area contributed by atoms with Gasteiger partial charge >= 0.3 is 17.9 Å². The first-order valence-corrected chi connectivity index (χ1v) is 10.1. The Morgan fingerprint density at radius 3 is 2.03 bits per heavy atom. The molecule has 0 bridgehead atoms. The summed E-state index contributed by atoms with van der Waals surface area (Å²) >= 11 is 0. The lowest BCUT2D eigenvalue weighted by atomic mass is 9.67. The van der Waals surface area contributed by atoms with Gasteiger partial charge in [0.15, 0.2) is 23.4 Å². The van der Waals surface area contributed by atoms with Crippen LogP contribution in [-0.4, -0.2) is 115 Å². The van der Waals surface area contributed by atoms with E-state index in [1.165, 1.54) is 0 Å². The van der Waals surface area contributed by atoms with Gasteiger partial charge < -0.3 is 49.6 Å². The summed E-state index contributed by atoms with van der Waals surface area (Å²) in [6.07, 6.45) is -13.4. The van der Waals surface area contributed by atoms with Gasteiger partial charge in [-0.05, 0) is 13.8 Å². The normalized spacial score (nSPS) is 33.4. The first-order chi connectivity index (χ1) is 16.1. The minimum atomic E-state index is -3.39. The summed E-state index contributed by atoms with van der Waals surface area (Å²) in [5, 5.41) is 62.7. The fourth-order valence-corrected chi connectivity index (χ4v) is 4.21. The van der Waals surface area contributed by atoms with Crippen LogP contribution in [0.3, 0.4) is 0 Å². The van der Waals surface area contributed by atoms with Crippen LogP contribution in [0, 0.1) is 0 Å². The number of ether oxygens (including phenoxy) is 4. The van der Waals surface area contributed by atoms with E-state index < -0.39 is 95.4 Å². The van der Waals surface area contributed by atoms with E-state index in [1.54, 1.807) is 0 Å². The van der Waals surface area contributed by atoms with Crippen LogP contribution in [0.25, 0.3) is 0 Å². The molecule has 1 fully saturated rings. The zero-order chi connectivity index (χ0) is 27.0. The van der Waals surface area contributed by atoms with Gasteiger partial charge in [-0.1, -0.05) is 0 Å². The predicted octanol–water partition coefficient (Wildman–Crippen LogP) is -3.70. The van der Waals surface area contributed by atoms with Crippen molar-refractivity contribution in [3.8, 4) is 0 Å². The number of aliphatic hydroxyl groups excluding tert-OH is 6. The van der Waals surface area contributed by atoms with Crippen molar-refractivity contribution < 1.29 is 73.6 Å². The monoisotopic (exact) mass is 506 g/mol. The summed E-state index contributed by atoms with van der Waals surface area (Å²) in [5.74, 6) is -9.69. The lowest BCUT2D eigenvalue weighted by Gasteiger charge is -2.52. The van der Waals surface area contributed by atoms with Crippen LogP contribution >= 0.6 is 0 Å². The lowest BCUT2D eigenvalue weighted by Crippen LogP contribution is -2.78. The van der Waals surface area contributed by atoms with Gasteiger partial charge in [-0.3, -0.25) is 19.2 Å². The fraction of sp³-hybridized carbons (Fsp3) is 0.650. The third-order valence-corrected chi connectivity index (χ3v) is 5.69. The molecule has 8 atom stereocenters. The number of hydrogen-bond donors (Lipinski definition) is 6. The Morgan fingerprint density at radius 2 is 1.60 bits per heavy atom. The second-order valence-electron chi connectivity index (χ2n) is 8.04. The Hall–Kier alpha value is -2.95. The quantitative estimate of drug-likeness (QED) is 0.137. The molecule has 2 aliphatic rings. The maximum Gasteiger partial charge on any atom is 0.379 e. The third kappa shape index (κ3) is 4.30. The Balaban J connectivity index is 3.04. The summed E-state index contributed by atoms with van der Waals surface area (Å²) < 4.78 is 20.2. The van der Waals surface area contributed by atoms with Crippen LogP contribution in [0.1, 0.15) is 27.7 Å². The van der Waals surface area contributed by atoms with Gasteiger partial charge in [0.1, 0.15) is 30.5 Å². The number of Topliss-reactive ketones (excluding diaryl/α,β-unsaturated/α-hetero) is 2. The van der Waals surface area contributed by atoms with E-state index in [1.807, 2.05) is 0 Å². The summed E-state index contributed by atoms with van der Waals surface area (Å²) in [6.45, 7) is 1.94. The Bertz CT molecular complexity index is 954. The standard InChI is InChI=1S/C20H26O15/c1-6(22)15(29)19(7(2)23,34-9(4)25)20(16(30)14(18(31)35-20)32-8(3)24)17-13(28)12(27)11(26)10(5-21)33-17/h10-13,15,17,21,26-30H,5H2,1-4H3/t10-,11-,12+,13-,15?,17?,19+,20-/m1/s1. The van der Waals surface area contributed by atoms with Crippen LogP contribution in [0.5, 0.6) is 0 Å². The molecule has 2 rings (SSSR count). The number of carbonyl (C=O) groups is 5. The average Bonchev–Trinajstić information content (AvgIpc) is 3.00. The third-order valence-electron chi connectivity index (χ3n) is 5.69. The average molecular weight is 506 g/mol. The van der Waals surface area contributed by atoms with Crippen molar-refractivity contribution in [2.24, 2.45) is 0 Å². The highest BCUT2D eigenvalue weighted by molar-refractivity contribution is 6.01. The largest absolute Gasteiger partial charge is 0.505 e. The first kappa shape index (κ1) is 28.3. The molecule has 0 aromatic carbocycles. The van der Waals surface area contributed by atoms with Crippen LogP contribution in [-0.2, 0) is 42.9 Å². The topological polar surface area (TPSA) is 244 Å². The van der Waals surface area contributed by atoms with Crippen molar-refractivity contribution in [2.45, 2.75) is 75.5 Å². The van der Waals surface area contributed by atoms with E-state index in [-0.39, 0.29) is 0 Å². The second kappa shape index (κ2) is 9.96. The zero-order valence-corrected chi connectivity index (χ0v) is 19.0. The summed E-state index contributed by atoms with van der Waals surface area (Å²) in [6, 6.07) is 0. The molecule has 15 heteroatoms. The van der Waals surface area contributed by atoms with Crippen LogP contribution in [0.2, 0.25) is 0 Å². The minimum Gasteiger partial charge on any atom is -0.505 e. The second-order valence-corrected chi connectivity index (χ2v) is 8.04. The zero-order valence-electron chi connectivity index (χ0n) is 19.0. The molecule has 0 saturated carbocycles. The highest BCUT2D eigenvalue weighted by Crippen LogP contribution is 2.50. The van der Waals surface area contributed by atoms with E-state index in [4.69, 9.17) is 14.2 Å². The molecule has 1 saturated heterocycles. The van der Waals surface area contributed by atoms with Gasteiger partial charge in [-0.25, -0.2) is 4.79 Å². The number of aliphatic hydroxyl groups is 6. The van der Waals surface area contributed by atoms with Crippen molar-refractivity contribution in [2.75, 3.05) is 6.61 Å². The molecular formula is C20H26O15. The minimum absolute atomic E-state index is 0.672. The van der Waals surface area contributed by atoms with Crippen molar-refractivity contribution in [1.82, 2.24) is 0 Å². The molecule has 0 radical (unpaired) electrons. The molecule has 0 aromatic rings. The van der Waals surface area contributed by atoms with Gasteiger partial charge in [0.05, 0.1) is 6.61 Å². The number of ketones is 2. The van der Waals surface area contributed by atoms with E-state index >= 15 is 0 Å². The van der Waals surface area contributed by atoms with E-state index in [2.05, 4.69) is 4.74 Å². The molecule has 0 aliphatic carbocycles. The van der Waals surface area contributed by atoms with Gasteiger partial charge in [0.2, 0.25) is 0 Å².